The van der Waals surface area contributed by atoms with Crippen molar-refractivity contribution in [2.24, 2.45) is 15.7 Å². The monoisotopic (exact) mass is 269 g/mol. The van der Waals surface area contributed by atoms with Crippen molar-refractivity contribution in [2.75, 3.05) is 19.9 Å². The molecule has 0 unspecified atom stereocenters. The molecule has 0 bridgehead atoms. The number of hydrogen-bond acceptors (Lipinski definition) is 5. The highest BCUT2D eigenvalue weighted by atomic mass is 16.5. The molecule has 0 aliphatic heterocycles. The molecule has 0 radical (unpaired) electrons. The molecular weight excluding hydrogens is 246 g/mol. The van der Waals surface area contributed by atoms with Crippen LogP contribution in [0.4, 0.5) is 0 Å². The lowest BCUT2D eigenvalue weighted by Crippen LogP contribution is -2.26. The second-order valence-corrected chi connectivity index (χ2v) is 3.80. The van der Waals surface area contributed by atoms with Crippen LogP contribution in [-0.2, 0) is 9.53 Å². The number of nitrogens with one attached hydrogen (secondary N) is 2. The van der Waals surface area contributed by atoms with E-state index in [0.717, 1.165) is 19.4 Å². The zero-order valence-electron chi connectivity index (χ0n) is 11.6. The van der Waals surface area contributed by atoms with Crippen LogP contribution >= 0.6 is 0 Å². The van der Waals surface area contributed by atoms with Crippen molar-refractivity contribution < 1.29 is 9.53 Å². The van der Waals surface area contributed by atoms with E-state index in [9.17, 15) is 4.79 Å². The van der Waals surface area contributed by atoms with Gasteiger partial charge < -0.3 is 21.1 Å². The molecule has 0 saturated heterocycles. The molecule has 19 heavy (non-hydrogen) atoms. The molecular formula is C12H23N5O2. The highest BCUT2D eigenvalue weighted by Crippen LogP contribution is 1.93. The SMILES string of the molecule is C=N/C(N)=C(\C)NC(=O)CN=CNCOCCCC. The lowest BCUT2D eigenvalue weighted by Gasteiger charge is -2.04. The van der Waals surface area contributed by atoms with Crippen molar-refractivity contribution in [2.45, 2.75) is 26.7 Å². The quantitative estimate of drug-likeness (QED) is 0.230. The summed E-state index contributed by atoms with van der Waals surface area (Å²) in [5.41, 5.74) is 5.93. The molecule has 7 nitrogen and oxygen atoms in total. The number of ether oxygens (including phenoxy) is 1. The Morgan fingerprint density at radius 1 is 1.53 bits per heavy atom. The van der Waals surface area contributed by atoms with Crippen LogP contribution in [0, 0.1) is 0 Å². The average molecular weight is 269 g/mol. The third kappa shape index (κ3) is 9.78. The van der Waals surface area contributed by atoms with E-state index in [4.69, 9.17) is 10.5 Å². The molecule has 0 aliphatic carbocycles. The fourth-order valence-corrected chi connectivity index (χ4v) is 1.04. The van der Waals surface area contributed by atoms with Gasteiger partial charge in [-0.3, -0.25) is 9.79 Å². The number of carbonyl (C=O) groups is 1. The second kappa shape index (κ2) is 11.2. The summed E-state index contributed by atoms with van der Waals surface area (Å²) >= 11 is 0. The Morgan fingerprint density at radius 2 is 2.26 bits per heavy atom. The standard InChI is InChI=1S/C12H23N5O2/c1-4-5-6-19-9-16-8-15-7-11(18)17-10(2)12(13)14-3/h8H,3-7,9,13H2,1-2H3,(H,15,16)(H,17,18)/b12-10+. The largest absolute Gasteiger partial charge is 0.382 e. The van der Waals surface area contributed by atoms with Gasteiger partial charge in [-0.05, 0) is 20.1 Å². The summed E-state index contributed by atoms with van der Waals surface area (Å²) in [4.78, 5) is 18.8. The maximum atomic E-state index is 11.4. The van der Waals surface area contributed by atoms with Gasteiger partial charge in [0.2, 0.25) is 5.91 Å². The number of allylic oxidation sites excluding steroid dienone is 1. The van der Waals surface area contributed by atoms with Crippen LogP contribution < -0.4 is 16.4 Å². The minimum Gasteiger partial charge on any atom is -0.382 e. The maximum absolute atomic E-state index is 11.4. The van der Waals surface area contributed by atoms with Gasteiger partial charge in [-0.15, -0.1) is 0 Å². The molecule has 0 aliphatic rings. The number of rotatable bonds is 10. The molecule has 0 rings (SSSR count). The minimum atomic E-state index is -0.269. The molecule has 0 aromatic heterocycles. The molecule has 0 fully saturated rings. The smallest absolute Gasteiger partial charge is 0.245 e. The highest BCUT2D eigenvalue weighted by Gasteiger charge is 2.01. The summed E-state index contributed by atoms with van der Waals surface area (Å²) in [5.74, 6) is -0.0752. The van der Waals surface area contributed by atoms with Gasteiger partial charge in [0, 0.05) is 6.61 Å². The Hall–Kier alpha value is -1.89. The third-order valence-corrected chi connectivity index (χ3v) is 2.13. The van der Waals surface area contributed by atoms with Crippen LogP contribution in [0.15, 0.2) is 21.5 Å². The fraction of sp³-hybridized carbons (Fsp3) is 0.583. The number of amides is 1. The van der Waals surface area contributed by atoms with E-state index >= 15 is 0 Å². The number of aliphatic imine (C=N–C) groups is 2. The molecule has 0 aromatic carbocycles. The first-order valence-corrected chi connectivity index (χ1v) is 6.14. The summed E-state index contributed by atoms with van der Waals surface area (Å²) in [7, 11) is 0. The van der Waals surface area contributed by atoms with E-state index in [0.29, 0.717) is 12.4 Å². The van der Waals surface area contributed by atoms with Gasteiger partial charge in [0.15, 0.2) is 0 Å². The molecule has 0 saturated carbocycles. The van der Waals surface area contributed by atoms with E-state index in [1.807, 2.05) is 0 Å². The van der Waals surface area contributed by atoms with Crippen LogP contribution in [0.1, 0.15) is 26.7 Å². The number of nitrogens with two attached hydrogens (primary N) is 1. The van der Waals surface area contributed by atoms with Crippen molar-refractivity contribution in [1.82, 2.24) is 10.6 Å². The molecule has 7 heteroatoms. The van der Waals surface area contributed by atoms with Crippen LogP contribution in [0.25, 0.3) is 0 Å². The van der Waals surface area contributed by atoms with Crippen molar-refractivity contribution in [3.8, 4) is 0 Å². The summed E-state index contributed by atoms with van der Waals surface area (Å²) in [6.45, 7) is 8.12. The minimum absolute atomic E-state index is 0.00369. The maximum Gasteiger partial charge on any atom is 0.245 e. The zero-order chi connectivity index (χ0) is 14.5. The van der Waals surface area contributed by atoms with Gasteiger partial charge in [-0.2, -0.15) is 0 Å². The van der Waals surface area contributed by atoms with Gasteiger partial charge in [0.1, 0.15) is 19.1 Å². The Labute approximate surface area is 114 Å². The van der Waals surface area contributed by atoms with Gasteiger partial charge in [0.25, 0.3) is 0 Å². The molecule has 108 valence electrons. The number of carbonyl (C=O) groups excluding carboxylic acids is 1. The topological polar surface area (TPSA) is 101 Å². The first-order valence-electron chi connectivity index (χ1n) is 6.14. The van der Waals surface area contributed by atoms with Gasteiger partial charge in [0.05, 0.1) is 12.0 Å². The van der Waals surface area contributed by atoms with E-state index in [-0.39, 0.29) is 18.3 Å². The normalized spacial score (nSPS) is 12.1. The van der Waals surface area contributed by atoms with Crippen molar-refractivity contribution >= 4 is 19.0 Å². The number of hydrogen-bond donors (Lipinski definition) is 3. The fourth-order valence-electron chi connectivity index (χ4n) is 1.04. The Morgan fingerprint density at radius 3 is 2.89 bits per heavy atom. The van der Waals surface area contributed by atoms with Gasteiger partial charge >= 0.3 is 0 Å². The van der Waals surface area contributed by atoms with Crippen LogP contribution in [-0.4, -0.2) is 38.8 Å². The third-order valence-electron chi connectivity index (χ3n) is 2.13. The molecule has 0 spiro atoms. The summed E-state index contributed by atoms with van der Waals surface area (Å²) in [6.07, 6.45) is 3.58. The zero-order valence-corrected chi connectivity index (χ0v) is 11.6. The van der Waals surface area contributed by atoms with Crippen LogP contribution in [0.3, 0.4) is 0 Å². The van der Waals surface area contributed by atoms with Crippen LogP contribution in [0.5, 0.6) is 0 Å². The molecule has 0 atom stereocenters. The van der Waals surface area contributed by atoms with Crippen LogP contribution in [0.2, 0.25) is 0 Å². The Bertz CT molecular complexity index is 339. The lowest BCUT2D eigenvalue weighted by atomic mass is 10.4. The predicted octanol–water partition coefficient (Wildman–Crippen LogP) is 0.343. The van der Waals surface area contributed by atoms with Gasteiger partial charge in [-0.25, -0.2) is 4.99 Å². The molecule has 0 aromatic rings. The second-order valence-electron chi connectivity index (χ2n) is 3.80. The lowest BCUT2D eigenvalue weighted by molar-refractivity contribution is -0.119. The number of nitrogens with zero attached hydrogens (tertiary/aromatic N) is 2. The summed E-state index contributed by atoms with van der Waals surface area (Å²) in [5, 5.41) is 5.39. The Balaban J connectivity index is 3.70. The van der Waals surface area contributed by atoms with Crippen molar-refractivity contribution in [1.29, 1.82) is 0 Å². The van der Waals surface area contributed by atoms with E-state index < -0.39 is 0 Å². The number of unbranched alkanes of at least 4 members (excludes halogenated alkanes) is 1. The molecule has 1 amide bonds. The van der Waals surface area contributed by atoms with Crippen molar-refractivity contribution in [3.63, 3.8) is 0 Å². The Kier molecular flexibility index (Phi) is 10.1. The van der Waals surface area contributed by atoms with E-state index in [2.05, 4.69) is 34.3 Å². The van der Waals surface area contributed by atoms with E-state index in [1.54, 1.807) is 6.92 Å². The summed E-state index contributed by atoms with van der Waals surface area (Å²) in [6, 6.07) is 0. The molecule has 4 N–H and O–H groups in total. The first kappa shape index (κ1) is 17.1. The molecule has 0 heterocycles. The average Bonchev–Trinajstić information content (AvgIpc) is 2.40. The van der Waals surface area contributed by atoms with Crippen molar-refractivity contribution in [3.05, 3.63) is 11.5 Å². The van der Waals surface area contributed by atoms with E-state index in [1.165, 1.54) is 6.34 Å². The predicted molar refractivity (Wildman–Crippen MR) is 76.8 cm³/mol. The first-order chi connectivity index (χ1) is 9.11. The summed E-state index contributed by atoms with van der Waals surface area (Å²) < 4.78 is 5.25. The highest BCUT2D eigenvalue weighted by molar-refractivity contribution is 5.81. The van der Waals surface area contributed by atoms with Gasteiger partial charge in [-0.1, -0.05) is 13.3 Å².